The Hall–Kier alpha value is -2.56. The highest BCUT2D eigenvalue weighted by molar-refractivity contribution is 7.99. The highest BCUT2D eigenvalue weighted by Crippen LogP contribution is 2.24. The van der Waals surface area contributed by atoms with Gasteiger partial charge >= 0.3 is 0 Å². The minimum absolute atomic E-state index is 0.0276. The number of aromatic nitrogens is 3. The normalized spacial score (nSPS) is 11.4. The predicted octanol–water partition coefficient (Wildman–Crippen LogP) is 3.78. The molecular weight excluding hydrogens is 470 g/mol. The molecule has 0 saturated heterocycles. The largest absolute Gasteiger partial charge is 0.325 e. The van der Waals surface area contributed by atoms with Gasteiger partial charge in [-0.2, -0.15) is 0 Å². The van der Waals surface area contributed by atoms with Crippen molar-refractivity contribution in [2.45, 2.75) is 25.5 Å². The zero-order chi connectivity index (χ0) is 23.5. The fourth-order valence-electron chi connectivity index (χ4n) is 2.89. The Bertz CT molecular complexity index is 1230. The van der Waals surface area contributed by atoms with E-state index in [2.05, 4.69) is 15.5 Å². The number of carbonyl (C=O) groups is 1. The van der Waals surface area contributed by atoms with Crippen molar-refractivity contribution in [3.8, 4) is 0 Å². The van der Waals surface area contributed by atoms with Crippen molar-refractivity contribution in [1.82, 2.24) is 14.8 Å². The van der Waals surface area contributed by atoms with Crippen LogP contribution in [0.15, 0.2) is 47.6 Å². The van der Waals surface area contributed by atoms with Crippen LogP contribution >= 0.6 is 23.4 Å². The maximum absolute atomic E-state index is 12.4. The summed E-state index contributed by atoms with van der Waals surface area (Å²) in [7, 11) is -1.79. The number of amides is 1. The van der Waals surface area contributed by atoms with Gasteiger partial charge < -0.3 is 9.88 Å². The number of aryl methyl sites for hydroxylation is 2. The number of sulfonamides is 1. The van der Waals surface area contributed by atoms with E-state index in [1.165, 1.54) is 16.1 Å². The number of carbonyl (C=O) groups excluding carboxylic acids is 1. The Morgan fingerprint density at radius 1 is 1.16 bits per heavy atom. The van der Waals surface area contributed by atoms with E-state index < -0.39 is 10.0 Å². The molecule has 170 valence electrons. The van der Waals surface area contributed by atoms with E-state index in [1.807, 2.05) is 32.0 Å². The third-order valence-corrected chi connectivity index (χ3v) is 7.13. The van der Waals surface area contributed by atoms with E-state index in [0.717, 1.165) is 17.4 Å². The molecule has 2 aromatic carbocycles. The zero-order valence-electron chi connectivity index (χ0n) is 18.2. The van der Waals surface area contributed by atoms with E-state index in [9.17, 15) is 13.2 Å². The molecule has 0 atom stereocenters. The maximum atomic E-state index is 12.4. The van der Waals surface area contributed by atoms with E-state index >= 15 is 0 Å². The lowest BCUT2D eigenvalue weighted by atomic mass is 10.2. The van der Waals surface area contributed by atoms with E-state index in [4.69, 9.17) is 11.6 Å². The van der Waals surface area contributed by atoms with Gasteiger partial charge in [0.1, 0.15) is 0 Å². The van der Waals surface area contributed by atoms with Crippen LogP contribution in [0.4, 0.5) is 11.4 Å². The van der Waals surface area contributed by atoms with E-state index in [0.29, 0.717) is 27.4 Å². The van der Waals surface area contributed by atoms with Gasteiger partial charge in [-0.1, -0.05) is 47.1 Å². The molecule has 11 heteroatoms. The van der Waals surface area contributed by atoms with Crippen molar-refractivity contribution in [2.75, 3.05) is 21.6 Å². The number of nitrogens with zero attached hydrogens (tertiary/aromatic N) is 4. The lowest BCUT2D eigenvalue weighted by Gasteiger charge is -2.22. The minimum Gasteiger partial charge on any atom is -0.325 e. The molecule has 0 saturated carbocycles. The molecule has 0 aliphatic carbocycles. The molecule has 1 aromatic heterocycles. The molecule has 1 heterocycles. The Morgan fingerprint density at radius 3 is 2.50 bits per heavy atom. The Balaban J connectivity index is 1.69. The molecular formula is C21H24ClN5O3S2. The minimum atomic E-state index is -3.53. The molecule has 3 rings (SSSR count). The number of rotatable bonds is 8. The zero-order valence-corrected chi connectivity index (χ0v) is 20.6. The summed E-state index contributed by atoms with van der Waals surface area (Å²) in [5.74, 6) is 0.373. The molecule has 0 spiro atoms. The van der Waals surface area contributed by atoms with E-state index in [-0.39, 0.29) is 18.2 Å². The first-order chi connectivity index (χ1) is 15.0. The standard InChI is InChI=1S/C21H24ClN5O3S2/c1-14-5-9-17(10-6-14)27(32(4,29)30)12-19-24-25-21(26(19)3)31-13-20(28)23-18-11-16(22)8-7-15(18)2/h5-11H,12-13H2,1-4H3,(H,23,28). The van der Waals surface area contributed by atoms with Crippen molar-refractivity contribution in [1.29, 1.82) is 0 Å². The van der Waals surface area contributed by atoms with Crippen LogP contribution < -0.4 is 9.62 Å². The number of nitrogens with one attached hydrogen (secondary N) is 1. The van der Waals surface area contributed by atoms with Gasteiger partial charge in [0.2, 0.25) is 15.9 Å². The summed E-state index contributed by atoms with van der Waals surface area (Å²) in [5, 5.41) is 12.1. The Morgan fingerprint density at radius 2 is 1.84 bits per heavy atom. The molecule has 1 N–H and O–H groups in total. The summed E-state index contributed by atoms with van der Waals surface area (Å²) < 4.78 is 27.7. The second-order valence-electron chi connectivity index (χ2n) is 7.36. The van der Waals surface area contributed by atoms with Crippen molar-refractivity contribution >= 4 is 50.7 Å². The number of hydrogen-bond donors (Lipinski definition) is 1. The third-order valence-electron chi connectivity index (χ3n) is 4.74. The van der Waals surface area contributed by atoms with Crippen molar-refractivity contribution in [3.05, 3.63) is 64.4 Å². The molecule has 0 aliphatic rings. The Kier molecular flexibility index (Phi) is 7.47. The summed E-state index contributed by atoms with van der Waals surface area (Å²) in [6, 6.07) is 12.5. The first-order valence-corrected chi connectivity index (χ1v) is 12.9. The number of anilines is 2. The monoisotopic (exact) mass is 493 g/mol. The molecule has 0 radical (unpaired) electrons. The van der Waals surface area contributed by atoms with Gasteiger partial charge in [-0.05, 0) is 43.7 Å². The van der Waals surface area contributed by atoms with Crippen molar-refractivity contribution < 1.29 is 13.2 Å². The quantitative estimate of drug-likeness (QED) is 0.479. The molecule has 32 heavy (non-hydrogen) atoms. The lowest BCUT2D eigenvalue weighted by molar-refractivity contribution is -0.113. The van der Waals surface area contributed by atoms with Crippen LogP contribution in [0.2, 0.25) is 5.02 Å². The van der Waals surface area contributed by atoms with Crippen molar-refractivity contribution in [3.63, 3.8) is 0 Å². The molecule has 0 fully saturated rings. The van der Waals surface area contributed by atoms with E-state index in [1.54, 1.807) is 35.9 Å². The lowest BCUT2D eigenvalue weighted by Crippen LogP contribution is -2.30. The van der Waals surface area contributed by atoms with Crippen LogP contribution in [-0.4, -0.2) is 41.1 Å². The third kappa shape index (κ3) is 6.02. The van der Waals surface area contributed by atoms with Gasteiger partial charge in [0.05, 0.1) is 24.2 Å². The predicted molar refractivity (Wildman–Crippen MR) is 129 cm³/mol. The fourth-order valence-corrected chi connectivity index (χ4v) is 4.65. The highest BCUT2D eigenvalue weighted by Gasteiger charge is 2.21. The van der Waals surface area contributed by atoms with Crippen LogP contribution in [0.25, 0.3) is 0 Å². The Labute approximate surface area is 197 Å². The van der Waals surface area contributed by atoms with Gasteiger partial charge in [0, 0.05) is 17.8 Å². The van der Waals surface area contributed by atoms with Gasteiger partial charge in [-0.3, -0.25) is 9.10 Å². The average Bonchev–Trinajstić information content (AvgIpc) is 3.07. The van der Waals surface area contributed by atoms with Gasteiger partial charge in [0.25, 0.3) is 0 Å². The van der Waals surface area contributed by atoms with Crippen LogP contribution in [0.1, 0.15) is 17.0 Å². The second-order valence-corrected chi connectivity index (χ2v) is 10.6. The van der Waals surface area contributed by atoms with Gasteiger partial charge in [-0.15, -0.1) is 10.2 Å². The van der Waals surface area contributed by atoms with Gasteiger partial charge in [0.15, 0.2) is 11.0 Å². The SMILES string of the molecule is Cc1ccc(N(Cc2nnc(SCC(=O)Nc3cc(Cl)ccc3C)n2C)S(C)(=O)=O)cc1. The molecule has 0 bridgehead atoms. The average molecular weight is 494 g/mol. The fraction of sp³-hybridized carbons (Fsp3) is 0.286. The summed E-state index contributed by atoms with van der Waals surface area (Å²) in [5.41, 5.74) is 3.15. The van der Waals surface area contributed by atoms with Crippen LogP contribution in [-0.2, 0) is 28.4 Å². The summed E-state index contributed by atoms with van der Waals surface area (Å²) in [4.78, 5) is 12.4. The summed E-state index contributed by atoms with van der Waals surface area (Å²) in [6.45, 7) is 3.85. The molecule has 1 amide bonds. The second kappa shape index (κ2) is 9.93. The molecule has 3 aromatic rings. The first kappa shape index (κ1) is 24.1. The maximum Gasteiger partial charge on any atom is 0.234 e. The topological polar surface area (TPSA) is 97.2 Å². The van der Waals surface area contributed by atoms with Gasteiger partial charge in [-0.25, -0.2) is 8.42 Å². The summed E-state index contributed by atoms with van der Waals surface area (Å²) in [6.07, 6.45) is 1.15. The number of benzene rings is 2. The highest BCUT2D eigenvalue weighted by atomic mass is 35.5. The molecule has 0 aliphatic heterocycles. The smallest absolute Gasteiger partial charge is 0.234 e. The summed E-state index contributed by atoms with van der Waals surface area (Å²) >= 11 is 7.21. The molecule has 0 unspecified atom stereocenters. The number of hydrogen-bond acceptors (Lipinski definition) is 6. The van der Waals surface area contributed by atoms with Crippen molar-refractivity contribution in [2.24, 2.45) is 7.05 Å². The van der Waals surface area contributed by atoms with Crippen LogP contribution in [0, 0.1) is 13.8 Å². The number of thioether (sulfide) groups is 1. The molecule has 8 nitrogen and oxygen atoms in total. The number of halogens is 1. The van der Waals surface area contributed by atoms with Crippen LogP contribution in [0.5, 0.6) is 0 Å². The first-order valence-electron chi connectivity index (χ1n) is 9.66. The van der Waals surface area contributed by atoms with Crippen LogP contribution in [0.3, 0.4) is 0 Å².